The van der Waals surface area contributed by atoms with E-state index >= 15 is 0 Å². The lowest BCUT2D eigenvalue weighted by molar-refractivity contribution is -0.278. The van der Waals surface area contributed by atoms with Gasteiger partial charge in [-0.2, -0.15) is 0 Å². The zero-order valence-corrected chi connectivity index (χ0v) is 20.6. The topological polar surface area (TPSA) is 240 Å². The first-order valence-corrected chi connectivity index (χ1v) is 12.3. The summed E-state index contributed by atoms with van der Waals surface area (Å²) < 4.78 is 22.5. The monoisotopic (exact) mass is 564 g/mol. The normalized spacial score (nSPS) is 32.7. The van der Waals surface area contributed by atoms with E-state index in [1.165, 1.54) is 24.3 Å². The Kier molecular flexibility index (Phi) is 7.71. The van der Waals surface area contributed by atoms with Crippen molar-refractivity contribution < 1.29 is 64.6 Å². The summed E-state index contributed by atoms with van der Waals surface area (Å²) in [6.45, 7) is -1.21. The summed E-state index contributed by atoms with van der Waals surface area (Å²) in [5.74, 6) is -1.12. The summed E-state index contributed by atoms with van der Waals surface area (Å²) in [4.78, 5) is 13.2. The van der Waals surface area contributed by atoms with Crippen molar-refractivity contribution >= 4 is 11.0 Å². The summed E-state index contributed by atoms with van der Waals surface area (Å²) in [6.07, 6.45) is -15.0. The van der Waals surface area contributed by atoms with Crippen molar-refractivity contribution in [2.45, 2.75) is 55.1 Å². The van der Waals surface area contributed by atoms with Crippen molar-refractivity contribution in [2.75, 3.05) is 13.2 Å². The van der Waals surface area contributed by atoms with Gasteiger partial charge in [0, 0.05) is 17.7 Å². The van der Waals surface area contributed by atoms with Gasteiger partial charge >= 0.3 is 0 Å². The number of hydrogen-bond donors (Lipinski definition) is 9. The molecule has 0 aliphatic carbocycles. The van der Waals surface area contributed by atoms with Gasteiger partial charge in [-0.05, 0) is 24.3 Å². The minimum atomic E-state index is -1.86. The van der Waals surface area contributed by atoms with Gasteiger partial charge in [-0.1, -0.05) is 0 Å². The van der Waals surface area contributed by atoms with E-state index < -0.39 is 79.5 Å². The van der Waals surface area contributed by atoms with E-state index in [4.69, 9.17) is 18.6 Å². The van der Waals surface area contributed by atoms with Crippen molar-refractivity contribution in [3.63, 3.8) is 0 Å². The summed E-state index contributed by atoms with van der Waals surface area (Å²) in [6, 6.07) is 7.93. The Morgan fingerprint density at radius 2 is 1.57 bits per heavy atom. The van der Waals surface area contributed by atoms with E-state index in [1.54, 1.807) is 0 Å². The van der Waals surface area contributed by atoms with Crippen molar-refractivity contribution in [3.05, 3.63) is 52.2 Å². The number of fused-ring (bicyclic) bond motifs is 1. The highest BCUT2D eigenvalue weighted by molar-refractivity contribution is 5.88. The fourth-order valence-corrected chi connectivity index (χ4v) is 4.79. The zero-order chi connectivity index (χ0) is 28.9. The third-order valence-corrected chi connectivity index (χ3v) is 7.02. The van der Waals surface area contributed by atoms with Gasteiger partial charge in [-0.15, -0.1) is 0 Å². The number of hydrogen-bond acceptors (Lipinski definition) is 14. The van der Waals surface area contributed by atoms with Crippen LogP contribution in [0.15, 0.2) is 45.6 Å². The van der Waals surface area contributed by atoms with Gasteiger partial charge < -0.3 is 64.6 Å². The molecule has 2 aliphatic rings. The molecule has 9 atom stereocenters. The van der Waals surface area contributed by atoms with Gasteiger partial charge in [-0.25, -0.2) is 0 Å². The van der Waals surface area contributed by atoms with Crippen LogP contribution in [0.2, 0.25) is 0 Å². The first kappa shape index (κ1) is 28.2. The van der Waals surface area contributed by atoms with E-state index in [2.05, 4.69) is 0 Å². The van der Waals surface area contributed by atoms with Crippen molar-refractivity contribution in [1.82, 2.24) is 0 Å². The highest BCUT2D eigenvalue weighted by Crippen LogP contribution is 2.45. The van der Waals surface area contributed by atoms with E-state index in [9.17, 15) is 50.8 Å². The Labute approximate surface area is 225 Å². The fraction of sp³-hybridized carbons (Fsp3) is 0.423. The van der Waals surface area contributed by atoms with Gasteiger partial charge in [0.05, 0.1) is 18.8 Å². The summed E-state index contributed by atoms with van der Waals surface area (Å²) in [5, 5.41) is 91.6. The molecule has 3 heterocycles. The molecule has 2 aliphatic heterocycles. The number of aliphatic hydroxyl groups is 7. The lowest BCUT2D eigenvalue weighted by Gasteiger charge is -2.40. The Balaban J connectivity index is 1.66. The molecular formula is C26H28O14. The molecule has 0 spiro atoms. The van der Waals surface area contributed by atoms with Crippen LogP contribution in [0.1, 0.15) is 11.7 Å². The molecule has 3 aromatic rings. The van der Waals surface area contributed by atoms with Crippen molar-refractivity contribution in [3.8, 4) is 28.6 Å². The van der Waals surface area contributed by atoms with Crippen LogP contribution in [-0.2, 0) is 9.47 Å². The van der Waals surface area contributed by atoms with E-state index in [0.29, 0.717) is 5.56 Å². The lowest BCUT2D eigenvalue weighted by Crippen LogP contribution is -2.60. The highest BCUT2D eigenvalue weighted by atomic mass is 16.7. The second kappa shape index (κ2) is 10.9. The molecule has 0 radical (unpaired) electrons. The van der Waals surface area contributed by atoms with Crippen molar-refractivity contribution in [1.29, 1.82) is 0 Å². The molecule has 2 aromatic carbocycles. The zero-order valence-electron chi connectivity index (χ0n) is 20.6. The first-order chi connectivity index (χ1) is 19.0. The highest BCUT2D eigenvalue weighted by Gasteiger charge is 2.46. The van der Waals surface area contributed by atoms with Crippen LogP contribution in [0.25, 0.3) is 22.3 Å². The van der Waals surface area contributed by atoms with Gasteiger partial charge in [0.25, 0.3) is 0 Å². The van der Waals surface area contributed by atoms with Gasteiger partial charge in [-0.3, -0.25) is 4.79 Å². The maximum Gasteiger partial charge on any atom is 0.229 e. The maximum atomic E-state index is 13.2. The number of aromatic hydroxyl groups is 2. The van der Waals surface area contributed by atoms with Gasteiger partial charge in [0.15, 0.2) is 5.43 Å². The molecule has 14 heteroatoms. The molecule has 0 unspecified atom stereocenters. The van der Waals surface area contributed by atoms with Crippen LogP contribution in [0.3, 0.4) is 0 Å². The Morgan fingerprint density at radius 3 is 2.25 bits per heavy atom. The largest absolute Gasteiger partial charge is 0.508 e. The standard InChI is InChI=1S/C26H28O14/c27-7-16-20(32)22(34)24(36)26(40-16)39-15-6-14-17(11(29)5-13(38-14)9-1-3-10(28)4-2-9)21(33)18(15)25-23(35)19(31)12(30)8-37-25/h1-6,12,16,19-20,22-28,30-36H,7-8H2/t12-,16-,19+,20-,22+,23-,24-,25+,26+/m1/s1. The van der Waals surface area contributed by atoms with Crippen LogP contribution in [0, 0.1) is 0 Å². The summed E-state index contributed by atoms with van der Waals surface area (Å²) in [7, 11) is 0. The third kappa shape index (κ3) is 4.89. The van der Waals surface area contributed by atoms with Crippen LogP contribution < -0.4 is 10.2 Å². The first-order valence-electron chi connectivity index (χ1n) is 12.3. The number of phenolic OH excluding ortho intramolecular Hbond substituents is 2. The van der Waals surface area contributed by atoms with Gasteiger partial charge in [0.1, 0.15) is 82.8 Å². The van der Waals surface area contributed by atoms with Crippen molar-refractivity contribution in [2.24, 2.45) is 0 Å². The molecule has 9 N–H and O–H groups in total. The molecule has 5 rings (SSSR count). The smallest absolute Gasteiger partial charge is 0.229 e. The Morgan fingerprint density at radius 1 is 0.875 bits per heavy atom. The van der Waals surface area contributed by atoms with E-state index in [0.717, 1.165) is 12.1 Å². The number of aliphatic hydroxyl groups excluding tert-OH is 7. The predicted octanol–water partition coefficient (Wildman–Crippen LogP) is -1.80. The molecule has 40 heavy (non-hydrogen) atoms. The molecule has 1 aromatic heterocycles. The number of benzene rings is 2. The minimum Gasteiger partial charge on any atom is -0.508 e. The fourth-order valence-electron chi connectivity index (χ4n) is 4.79. The average Bonchev–Trinajstić information content (AvgIpc) is 2.93. The Bertz CT molecular complexity index is 1420. The summed E-state index contributed by atoms with van der Waals surface area (Å²) in [5.41, 5.74) is -0.900. The Hall–Kier alpha value is -3.31. The second-order valence-corrected chi connectivity index (χ2v) is 9.65. The van der Waals surface area contributed by atoms with Gasteiger partial charge in [0.2, 0.25) is 6.29 Å². The molecule has 14 nitrogen and oxygen atoms in total. The molecule has 0 bridgehead atoms. The minimum absolute atomic E-state index is 0.0252. The average molecular weight is 564 g/mol. The van der Waals surface area contributed by atoms with E-state index in [-0.39, 0.29) is 33.8 Å². The number of ether oxygens (including phenoxy) is 3. The molecular weight excluding hydrogens is 536 g/mol. The quantitative estimate of drug-likeness (QED) is 0.166. The molecule has 216 valence electrons. The summed E-state index contributed by atoms with van der Waals surface area (Å²) >= 11 is 0. The van der Waals surface area contributed by atoms with Crippen LogP contribution in [-0.4, -0.2) is 108 Å². The van der Waals surface area contributed by atoms with Crippen LogP contribution in [0.5, 0.6) is 17.2 Å². The molecule has 2 fully saturated rings. The second-order valence-electron chi connectivity index (χ2n) is 9.65. The lowest BCUT2D eigenvalue weighted by atomic mass is 9.92. The molecule has 0 saturated carbocycles. The third-order valence-electron chi connectivity index (χ3n) is 7.02. The SMILES string of the molecule is O=c1cc(-c2ccc(O)cc2)oc2cc(O[C@H]3O[C@H](CO)[C@@H](O)[C@H](O)[C@H]3O)c([C@@H]3OC[C@@H](O)[C@H](O)[C@H]3O)c(O)c12. The maximum absolute atomic E-state index is 13.2. The van der Waals surface area contributed by atoms with E-state index in [1.807, 2.05) is 0 Å². The molecule has 2 saturated heterocycles. The van der Waals surface area contributed by atoms with Crippen LogP contribution >= 0.6 is 0 Å². The number of phenols is 2. The predicted molar refractivity (Wildman–Crippen MR) is 132 cm³/mol. The molecule has 0 amide bonds. The van der Waals surface area contributed by atoms with Crippen LogP contribution in [0.4, 0.5) is 0 Å². The number of rotatable bonds is 5.